The van der Waals surface area contributed by atoms with Crippen molar-refractivity contribution < 1.29 is 9.90 Å². The second-order valence-corrected chi connectivity index (χ2v) is 5.80. The summed E-state index contributed by atoms with van der Waals surface area (Å²) >= 11 is 0. The van der Waals surface area contributed by atoms with Gasteiger partial charge in [-0.05, 0) is 24.1 Å². The highest BCUT2D eigenvalue weighted by Gasteiger charge is 2.18. The van der Waals surface area contributed by atoms with Crippen LogP contribution in [0.4, 0.5) is 0 Å². The fourth-order valence-electron chi connectivity index (χ4n) is 3.21. The molecule has 0 saturated heterocycles. The van der Waals surface area contributed by atoms with E-state index in [-0.39, 0.29) is 0 Å². The molecule has 1 aliphatic rings. The van der Waals surface area contributed by atoms with Gasteiger partial charge in [-0.2, -0.15) is 0 Å². The molecule has 1 aliphatic carbocycles. The molecule has 0 atom stereocenters. The van der Waals surface area contributed by atoms with Crippen molar-refractivity contribution >= 4 is 17.0 Å². The fraction of sp³-hybridized carbons (Fsp3) is 0.500. The number of hydrogen-bond donors (Lipinski definition) is 1. The van der Waals surface area contributed by atoms with Crippen LogP contribution in [0.1, 0.15) is 48.3 Å². The summed E-state index contributed by atoms with van der Waals surface area (Å²) < 4.78 is 2.11. The predicted molar refractivity (Wildman–Crippen MR) is 78.0 cm³/mol. The van der Waals surface area contributed by atoms with Crippen molar-refractivity contribution in [1.82, 2.24) is 9.55 Å². The SMILES string of the molecule is Cn1c(CC2CCCCC2)nc2cc(C(=O)O)ccc21. The normalized spacial score (nSPS) is 16.6. The molecule has 0 amide bonds. The Kier molecular flexibility index (Phi) is 3.47. The van der Waals surface area contributed by atoms with Crippen LogP contribution < -0.4 is 0 Å². The van der Waals surface area contributed by atoms with E-state index >= 15 is 0 Å². The molecule has 0 radical (unpaired) electrons. The average Bonchev–Trinajstić information content (AvgIpc) is 2.76. The van der Waals surface area contributed by atoms with Gasteiger partial charge in [-0.3, -0.25) is 0 Å². The first-order valence-electron chi connectivity index (χ1n) is 7.34. The first-order chi connectivity index (χ1) is 9.65. The molecule has 2 aromatic rings. The molecule has 1 heterocycles. The van der Waals surface area contributed by atoms with Crippen LogP contribution >= 0.6 is 0 Å². The second-order valence-electron chi connectivity index (χ2n) is 5.80. The highest BCUT2D eigenvalue weighted by molar-refractivity contribution is 5.92. The zero-order chi connectivity index (χ0) is 14.1. The van der Waals surface area contributed by atoms with Crippen molar-refractivity contribution in [2.24, 2.45) is 13.0 Å². The highest BCUT2D eigenvalue weighted by atomic mass is 16.4. The van der Waals surface area contributed by atoms with Crippen LogP contribution in [0.2, 0.25) is 0 Å². The summed E-state index contributed by atoms with van der Waals surface area (Å²) in [5.41, 5.74) is 2.11. The molecule has 1 saturated carbocycles. The molecule has 0 unspecified atom stereocenters. The number of imidazole rings is 1. The van der Waals surface area contributed by atoms with Crippen LogP contribution in [0, 0.1) is 5.92 Å². The molecule has 4 heteroatoms. The minimum Gasteiger partial charge on any atom is -0.478 e. The van der Waals surface area contributed by atoms with Gasteiger partial charge in [-0.15, -0.1) is 0 Å². The summed E-state index contributed by atoms with van der Waals surface area (Å²) in [7, 11) is 2.02. The molecule has 1 aromatic heterocycles. The number of carboxylic acid groups (broad SMARTS) is 1. The smallest absolute Gasteiger partial charge is 0.335 e. The van der Waals surface area contributed by atoms with Crippen LogP contribution in [0.5, 0.6) is 0 Å². The summed E-state index contributed by atoms with van der Waals surface area (Å²) in [6.45, 7) is 0. The largest absolute Gasteiger partial charge is 0.478 e. The molecule has 106 valence electrons. The van der Waals surface area contributed by atoms with E-state index < -0.39 is 5.97 Å². The Balaban J connectivity index is 1.91. The maximum Gasteiger partial charge on any atom is 0.335 e. The molecule has 4 nitrogen and oxygen atoms in total. The number of carbonyl (C=O) groups is 1. The number of aromatic carboxylic acids is 1. The monoisotopic (exact) mass is 272 g/mol. The van der Waals surface area contributed by atoms with E-state index in [1.165, 1.54) is 32.1 Å². The highest BCUT2D eigenvalue weighted by Crippen LogP contribution is 2.27. The number of hydrogen-bond acceptors (Lipinski definition) is 2. The Morgan fingerprint density at radius 1 is 1.35 bits per heavy atom. The number of benzene rings is 1. The third-order valence-corrected chi connectivity index (χ3v) is 4.42. The molecule has 1 aromatic carbocycles. The first kappa shape index (κ1) is 13.2. The number of aryl methyl sites for hydroxylation is 1. The van der Waals surface area contributed by atoms with E-state index in [4.69, 9.17) is 5.11 Å². The zero-order valence-corrected chi connectivity index (χ0v) is 11.8. The first-order valence-corrected chi connectivity index (χ1v) is 7.34. The van der Waals surface area contributed by atoms with Crippen molar-refractivity contribution in [2.45, 2.75) is 38.5 Å². The standard InChI is InChI=1S/C16H20N2O2/c1-18-14-8-7-12(16(19)20)10-13(14)17-15(18)9-11-5-3-2-4-6-11/h7-8,10-11H,2-6,9H2,1H3,(H,19,20). The Hall–Kier alpha value is -1.84. The lowest BCUT2D eigenvalue weighted by molar-refractivity contribution is 0.0697. The van der Waals surface area contributed by atoms with E-state index in [9.17, 15) is 4.79 Å². The summed E-state index contributed by atoms with van der Waals surface area (Å²) in [6, 6.07) is 5.18. The maximum atomic E-state index is 11.0. The van der Waals surface area contributed by atoms with Gasteiger partial charge >= 0.3 is 5.97 Å². The number of rotatable bonds is 3. The van der Waals surface area contributed by atoms with E-state index in [1.54, 1.807) is 12.1 Å². The van der Waals surface area contributed by atoms with Gasteiger partial charge in [0.2, 0.25) is 0 Å². The molecule has 0 spiro atoms. The lowest BCUT2D eigenvalue weighted by Crippen LogP contribution is -2.12. The topological polar surface area (TPSA) is 55.1 Å². The number of nitrogens with zero attached hydrogens (tertiary/aromatic N) is 2. The molecule has 3 rings (SSSR count). The van der Waals surface area contributed by atoms with Crippen molar-refractivity contribution in [3.63, 3.8) is 0 Å². The van der Waals surface area contributed by atoms with Crippen LogP contribution in [0.25, 0.3) is 11.0 Å². The predicted octanol–water partition coefficient (Wildman–Crippen LogP) is 3.39. The molecule has 0 bridgehead atoms. The minimum absolute atomic E-state index is 0.305. The Morgan fingerprint density at radius 3 is 2.80 bits per heavy atom. The summed E-state index contributed by atoms with van der Waals surface area (Å²) in [4.78, 5) is 15.7. The van der Waals surface area contributed by atoms with Crippen molar-refractivity contribution in [2.75, 3.05) is 0 Å². The van der Waals surface area contributed by atoms with E-state index in [0.29, 0.717) is 5.56 Å². The molecular weight excluding hydrogens is 252 g/mol. The quantitative estimate of drug-likeness (QED) is 0.931. The Labute approximate surface area is 118 Å². The van der Waals surface area contributed by atoms with Gasteiger partial charge in [-0.25, -0.2) is 9.78 Å². The van der Waals surface area contributed by atoms with E-state index in [1.807, 2.05) is 13.1 Å². The van der Waals surface area contributed by atoms with E-state index in [0.717, 1.165) is 29.2 Å². The van der Waals surface area contributed by atoms with Crippen LogP contribution in [-0.4, -0.2) is 20.6 Å². The van der Waals surface area contributed by atoms with Crippen molar-refractivity contribution in [1.29, 1.82) is 0 Å². The lowest BCUT2D eigenvalue weighted by atomic mass is 9.87. The van der Waals surface area contributed by atoms with Gasteiger partial charge in [0.25, 0.3) is 0 Å². The minimum atomic E-state index is -0.897. The van der Waals surface area contributed by atoms with Gasteiger partial charge in [0, 0.05) is 13.5 Å². The number of fused-ring (bicyclic) bond motifs is 1. The third-order valence-electron chi connectivity index (χ3n) is 4.42. The fourth-order valence-corrected chi connectivity index (χ4v) is 3.21. The zero-order valence-electron chi connectivity index (χ0n) is 11.8. The summed E-state index contributed by atoms with van der Waals surface area (Å²) in [5, 5.41) is 9.05. The maximum absolute atomic E-state index is 11.0. The summed E-state index contributed by atoms with van der Waals surface area (Å²) in [6.07, 6.45) is 7.62. The van der Waals surface area contributed by atoms with Crippen LogP contribution in [0.15, 0.2) is 18.2 Å². The van der Waals surface area contributed by atoms with Crippen LogP contribution in [0.3, 0.4) is 0 Å². The van der Waals surface area contributed by atoms with Crippen LogP contribution in [-0.2, 0) is 13.5 Å². The Morgan fingerprint density at radius 2 is 2.10 bits per heavy atom. The van der Waals surface area contributed by atoms with Gasteiger partial charge in [0.15, 0.2) is 0 Å². The lowest BCUT2D eigenvalue weighted by Gasteiger charge is -2.20. The van der Waals surface area contributed by atoms with Crippen molar-refractivity contribution in [3.8, 4) is 0 Å². The summed E-state index contributed by atoms with van der Waals surface area (Å²) in [5.74, 6) is 0.916. The number of carboxylic acids is 1. The van der Waals surface area contributed by atoms with Gasteiger partial charge < -0.3 is 9.67 Å². The third kappa shape index (κ3) is 2.42. The molecule has 1 N–H and O–H groups in total. The molecule has 1 fully saturated rings. The molecule has 0 aliphatic heterocycles. The Bertz CT molecular complexity index is 639. The van der Waals surface area contributed by atoms with Gasteiger partial charge in [0.1, 0.15) is 5.82 Å². The van der Waals surface area contributed by atoms with Gasteiger partial charge in [-0.1, -0.05) is 32.1 Å². The molecule has 20 heavy (non-hydrogen) atoms. The van der Waals surface area contributed by atoms with E-state index in [2.05, 4.69) is 9.55 Å². The average molecular weight is 272 g/mol. The van der Waals surface area contributed by atoms with Gasteiger partial charge in [0.05, 0.1) is 16.6 Å². The second kappa shape index (κ2) is 5.27. The van der Waals surface area contributed by atoms with Crippen molar-refractivity contribution in [3.05, 3.63) is 29.6 Å². The molecular formula is C16H20N2O2. The number of aromatic nitrogens is 2.